The number of aliphatic hydroxyl groups is 1. The lowest BCUT2D eigenvalue weighted by Crippen LogP contribution is -2.34. The molecule has 1 N–H and O–H groups in total. The third-order valence-corrected chi connectivity index (χ3v) is 3.28. The van der Waals surface area contributed by atoms with Crippen molar-refractivity contribution in [1.29, 1.82) is 0 Å². The predicted molar refractivity (Wildman–Crippen MR) is 61.8 cm³/mol. The number of hydrogen-bond donors (Lipinski definition) is 1. The van der Waals surface area contributed by atoms with Gasteiger partial charge in [0.2, 0.25) is 0 Å². The molecule has 0 radical (unpaired) electrons. The summed E-state index contributed by atoms with van der Waals surface area (Å²) in [5, 5.41) is 10.1. The minimum absolute atomic E-state index is 0.0492. The number of halogens is 3. The largest absolute Gasteiger partial charge is 0.416 e. The molecular weight excluding hydrogens is 243 g/mol. The topological polar surface area (TPSA) is 23.5 Å². The number of likely N-dealkylation sites (tertiary alicyclic amines) is 1. The summed E-state index contributed by atoms with van der Waals surface area (Å²) in [6.07, 6.45) is -2.67. The van der Waals surface area contributed by atoms with E-state index < -0.39 is 18.0 Å². The molecule has 2 rings (SSSR count). The number of nitrogens with zero attached hydrogens (tertiary/aromatic N) is 1. The number of benzene rings is 1. The Hall–Kier alpha value is -1.07. The number of rotatable bonds is 2. The van der Waals surface area contributed by atoms with Gasteiger partial charge in [0.05, 0.1) is 5.56 Å². The molecule has 2 nitrogen and oxygen atoms in total. The smallest absolute Gasteiger partial charge is 0.374 e. The van der Waals surface area contributed by atoms with Gasteiger partial charge in [0, 0.05) is 18.7 Å². The van der Waals surface area contributed by atoms with E-state index in [0.717, 1.165) is 25.3 Å². The molecule has 5 heteroatoms. The zero-order valence-corrected chi connectivity index (χ0v) is 9.95. The van der Waals surface area contributed by atoms with Gasteiger partial charge < -0.3 is 5.11 Å². The fourth-order valence-electron chi connectivity index (χ4n) is 2.34. The van der Waals surface area contributed by atoms with Crippen LogP contribution in [0, 0.1) is 0 Å². The third-order valence-electron chi connectivity index (χ3n) is 3.28. The average Bonchev–Trinajstić information content (AvgIpc) is 2.38. The molecular formula is C13H16F3NO. The van der Waals surface area contributed by atoms with Gasteiger partial charge in [-0.3, -0.25) is 4.90 Å². The first-order valence-electron chi connectivity index (χ1n) is 6.08. The van der Waals surface area contributed by atoms with Crippen LogP contribution in [-0.4, -0.2) is 23.1 Å². The summed E-state index contributed by atoms with van der Waals surface area (Å²) >= 11 is 0. The molecule has 100 valence electrons. The zero-order valence-electron chi connectivity index (χ0n) is 9.95. The van der Waals surface area contributed by atoms with Crippen molar-refractivity contribution in [2.75, 3.05) is 13.1 Å². The Morgan fingerprint density at radius 1 is 1.06 bits per heavy atom. The van der Waals surface area contributed by atoms with E-state index in [1.807, 2.05) is 0 Å². The minimum atomic E-state index is -4.42. The van der Waals surface area contributed by atoms with Crippen LogP contribution in [0.3, 0.4) is 0 Å². The molecule has 0 spiro atoms. The van der Waals surface area contributed by atoms with E-state index in [2.05, 4.69) is 0 Å². The molecule has 18 heavy (non-hydrogen) atoms. The molecule has 0 amide bonds. The molecule has 1 heterocycles. The summed E-state index contributed by atoms with van der Waals surface area (Å²) in [5.74, 6) is 0. The van der Waals surface area contributed by atoms with E-state index in [1.165, 1.54) is 18.2 Å². The molecule has 0 saturated carbocycles. The van der Waals surface area contributed by atoms with Gasteiger partial charge in [0.25, 0.3) is 0 Å². The third kappa shape index (κ3) is 2.84. The maximum Gasteiger partial charge on any atom is 0.416 e. The van der Waals surface area contributed by atoms with Gasteiger partial charge in [-0.2, -0.15) is 13.2 Å². The summed E-state index contributed by atoms with van der Waals surface area (Å²) in [5.41, 5.74) is -0.796. The van der Waals surface area contributed by atoms with Gasteiger partial charge in [-0.25, -0.2) is 0 Å². The number of piperidine rings is 1. The summed E-state index contributed by atoms with van der Waals surface area (Å²) in [6.45, 7) is 1.29. The highest BCUT2D eigenvalue weighted by Gasteiger charge is 2.35. The maximum absolute atomic E-state index is 12.8. The van der Waals surface area contributed by atoms with Crippen LogP contribution in [-0.2, 0) is 6.18 Å². The molecule has 1 fully saturated rings. The van der Waals surface area contributed by atoms with E-state index >= 15 is 0 Å². The Kier molecular flexibility index (Phi) is 3.92. The molecule has 0 aliphatic carbocycles. The second-order valence-electron chi connectivity index (χ2n) is 4.56. The second kappa shape index (κ2) is 5.28. The van der Waals surface area contributed by atoms with Crippen LogP contribution in [0.5, 0.6) is 0 Å². The monoisotopic (exact) mass is 259 g/mol. The second-order valence-corrected chi connectivity index (χ2v) is 4.56. The highest BCUT2D eigenvalue weighted by Crippen LogP contribution is 2.35. The van der Waals surface area contributed by atoms with Crippen molar-refractivity contribution in [3.63, 3.8) is 0 Å². The maximum atomic E-state index is 12.8. The minimum Gasteiger partial charge on any atom is -0.374 e. The van der Waals surface area contributed by atoms with Crippen molar-refractivity contribution < 1.29 is 18.3 Å². The van der Waals surface area contributed by atoms with Crippen LogP contribution >= 0.6 is 0 Å². The molecule has 1 aliphatic heterocycles. The lowest BCUT2D eigenvalue weighted by Gasteiger charge is -2.32. The fraction of sp³-hybridized carbons (Fsp3) is 0.538. The van der Waals surface area contributed by atoms with Crippen LogP contribution in [0.15, 0.2) is 24.3 Å². The van der Waals surface area contributed by atoms with Gasteiger partial charge in [-0.05, 0) is 18.9 Å². The van der Waals surface area contributed by atoms with E-state index in [1.54, 1.807) is 4.90 Å². The Morgan fingerprint density at radius 3 is 2.28 bits per heavy atom. The Balaban J connectivity index is 2.26. The molecule has 1 unspecified atom stereocenters. The highest BCUT2D eigenvalue weighted by molar-refractivity contribution is 5.31. The van der Waals surface area contributed by atoms with Crippen molar-refractivity contribution >= 4 is 0 Å². The molecule has 0 bridgehead atoms. The van der Waals surface area contributed by atoms with Gasteiger partial charge in [0.15, 0.2) is 0 Å². The van der Waals surface area contributed by atoms with Gasteiger partial charge >= 0.3 is 6.18 Å². The number of hydrogen-bond acceptors (Lipinski definition) is 2. The quantitative estimate of drug-likeness (QED) is 0.881. The van der Waals surface area contributed by atoms with Crippen LogP contribution in [0.2, 0.25) is 0 Å². The van der Waals surface area contributed by atoms with Crippen LogP contribution in [0.1, 0.15) is 36.6 Å². The lowest BCUT2D eigenvalue weighted by atomic mass is 10.0. The number of alkyl halides is 3. The molecule has 1 atom stereocenters. The van der Waals surface area contributed by atoms with Crippen molar-refractivity contribution in [3.05, 3.63) is 35.4 Å². The van der Waals surface area contributed by atoms with Crippen molar-refractivity contribution in [3.8, 4) is 0 Å². The Bertz CT molecular complexity index is 399. The highest BCUT2D eigenvalue weighted by atomic mass is 19.4. The normalized spacial score (nSPS) is 19.8. The SMILES string of the molecule is OC(c1ccccc1C(F)(F)F)N1CCCCC1. The molecule has 1 aromatic rings. The van der Waals surface area contributed by atoms with E-state index in [4.69, 9.17) is 0 Å². The summed E-state index contributed by atoms with van der Waals surface area (Å²) in [7, 11) is 0. The Labute approximate surface area is 104 Å². The van der Waals surface area contributed by atoms with Crippen molar-refractivity contribution in [1.82, 2.24) is 4.90 Å². The molecule has 1 aliphatic rings. The summed E-state index contributed by atoms with van der Waals surface area (Å²) in [6, 6.07) is 5.23. The van der Waals surface area contributed by atoms with Crippen molar-refractivity contribution in [2.45, 2.75) is 31.7 Å². The number of aliphatic hydroxyl groups excluding tert-OH is 1. The molecule has 0 aromatic heterocycles. The average molecular weight is 259 g/mol. The Morgan fingerprint density at radius 2 is 1.67 bits per heavy atom. The van der Waals surface area contributed by atoms with E-state index in [-0.39, 0.29) is 5.56 Å². The first-order valence-corrected chi connectivity index (χ1v) is 6.08. The fourth-order valence-corrected chi connectivity index (χ4v) is 2.34. The first kappa shape index (κ1) is 13.4. The van der Waals surface area contributed by atoms with Crippen LogP contribution in [0.4, 0.5) is 13.2 Å². The molecule has 1 saturated heterocycles. The predicted octanol–water partition coefficient (Wildman–Crippen LogP) is 3.18. The lowest BCUT2D eigenvalue weighted by molar-refractivity contribution is -0.140. The van der Waals surface area contributed by atoms with Gasteiger partial charge in [-0.15, -0.1) is 0 Å². The van der Waals surface area contributed by atoms with Crippen LogP contribution < -0.4 is 0 Å². The van der Waals surface area contributed by atoms with Crippen LogP contribution in [0.25, 0.3) is 0 Å². The first-order chi connectivity index (χ1) is 8.50. The summed E-state index contributed by atoms with van der Waals surface area (Å²) in [4.78, 5) is 1.70. The van der Waals surface area contributed by atoms with Gasteiger partial charge in [0.1, 0.15) is 6.23 Å². The van der Waals surface area contributed by atoms with Crippen molar-refractivity contribution in [2.24, 2.45) is 0 Å². The zero-order chi connectivity index (χ0) is 13.2. The van der Waals surface area contributed by atoms with Gasteiger partial charge in [-0.1, -0.05) is 24.6 Å². The molecule has 1 aromatic carbocycles. The summed E-state index contributed by atoms with van der Waals surface area (Å²) < 4.78 is 38.5. The van der Waals surface area contributed by atoms with E-state index in [0.29, 0.717) is 13.1 Å². The standard InChI is InChI=1S/C13H16F3NO/c14-13(15,16)11-7-3-2-6-10(11)12(18)17-8-4-1-5-9-17/h2-3,6-7,12,18H,1,4-5,8-9H2. The van der Waals surface area contributed by atoms with E-state index in [9.17, 15) is 18.3 Å².